The average molecular weight is 369 g/mol. The average Bonchev–Trinajstić information content (AvgIpc) is 3.02. The van der Waals surface area contributed by atoms with E-state index in [-0.39, 0.29) is 30.0 Å². The van der Waals surface area contributed by atoms with E-state index in [9.17, 15) is 13.6 Å². The maximum Gasteiger partial charge on any atom is 0.276 e. The van der Waals surface area contributed by atoms with Gasteiger partial charge in [0.25, 0.3) is 5.91 Å². The van der Waals surface area contributed by atoms with Crippen LogP contribution < -0.4 is 9.64 Å². The second-order valence-electron chi connectivity index (χ2n) is 6.26. The molecule has 0 fully saturated rings. The molecule has 138 valence electrons. The molecule has 1 aliphatic heterocycles. The number of carbonyl (C=O) groups excluding carboxylic acids is 1. The number of nitrogens with zero attached hydrogens (tertiary/aromatic N) is 3. The number of fused-ring (bicyclic) bond motifs is 1. The van der Waals surface area contributed by atoms with Crippen LogP contribution in [0.2, 0.25) is 0 Å². The third-order valence-corrected chi connectivity index (χ3v) is 4.45. The number of hydrogen-bond donors (Lipinski definition) is 0. The van der Waals surface area contributed by atoms with Crippen molar-refractivity contribution in [3.63, 3.8) is 0 Å². The first-order valence-electron chi connectivity index (χ1n) is 8.63. The zero-order valence-corrected chi connectivity index (χ0v) is 14.4. The van der Waals surface area contributed by atoms with E-state index in [0.717, 1.165) is 0 Å². The van der Waals surface area contributed by atoms with Gasteiger partial charge in [-0.3, -0.25) is 9.48 Å². The molecule has 0 aliphatic carbocycles. The molecular weight excluding hydrogens is 352 g/mol. The lowest BCUT2D eigenvalue weighted by atomic mass is 10.2. The highest BCUT2D eigenvalue weighted by molar-refractivity contribution is 6.05. The lowest BCUT2D eigenvalue weighted by Crippen LogP contribution is -2.30. The van der Waals surface area contributed by atoms with Gasteiger partial charge in [0.2, 0.25) is 5.88 Å². The van der Waals surface area contributed by atoms with Crippen molar-refractivity contribution >= 4 is 11.6 Å². The normalized spacial score (nSPS) is 14.0. The summed E-state index contributed by atoms with van der Waals surface area (Å²) in [6.45, 7) is 1.10. The SMILES string of the molecule is O=C1c2cc(OCc3ccccc3F)nn2CCCN1c1ccc(F)cc1. The number of rotatable bonds is 4. The Kier molecular flexibility index (Phi) is 4.58. The lowest BCUT2D eigenvalue weighted by molar-refractivity contribution is 0.0982. The molecule has 0 N–H and O–H groups in total. The predicted octanol–water partition coefficient (Wildman–Crippen LogP) is 3.79. The molecule has 1 aromatic heterocycles. The fourth-order valence-corrected chi connectivity index (χ4v) is 3.06. The topological polar surface area (TPSA) is 47.4 Å². The number of carbonyl (C=O) groups is 1. The van der Waals surface area contributed by atoms with Gasteiger partial charge in [-0.05, 0) is 36.8 Å². The van der Waals surface area contributed by atoms with Crippen molar-refractivity contribution in [3.05, 3.63) is 77.5 Å². The van der Waals surface area contributed by atoms with Gasteiger partial charge < -0.3 is 9.64 Å². The largest absolute Gasteiger partial charge is 0.472 e. The first-order valence-corrected chi connectivity index (χ1v) is 8.63. The third kappa shape index (κ3) is 3.53. The first kappa shape index (κ1) is 17.2. The third-order valence-electron chi connectivity index (χ3n) is 4.45. The van der Waals surface area contributed by atoms with Gasteiger partial charge in [0.1, 0.15) is 23.9 Å². The molecule has 0 atom stereocenters. The number of halogens is 2. The molecule has 3 aromatic rings. The van der Waals surface area contributed by atoms with Crippen molar-refractivity contribution in [1.82, 2.24) is 9.78 Å². The molecule has 4 rings (SSSR count). The number of amides is 1. The monoisotopic (exact) mass is 369 g/mol. The van der Waals surface area contributed by atoms with Crippen molar-refractivity contribution < 1.29 is 18.3 Å². The highest BCUT2D eigenvalue weighted by atomic mass is 19.1. The summed E-state index contributed by atoms with van der Waals surface area (Å²) in [4.78, 5) is 14.5. The Labute approximate surface area is 154 Å². The Morgan fingerprint density at radius 1 is 1.04 bits per heavy atom. The van der Waals surface area contributed by atoms with Gasteiger partial charge in [-0.15, -0.1) is 5.10 Å². The summed E-state index contributed by atoms with van der Waals surface area (Å²) in [5, 5.41) is 4.31. The van der Waals surface area contributed by atoms with Crippen LogP contribution in [0.25, 0.3) is 0 Å². The van der Waals surface area contributed by atoms with Gasteiger partial charge >= 0.3 is 0 Å². The molecule has 0 bridgehead atoms. The van der Waals surface area contributed by atoms with Gasteiger partial charge in [0.15, 0.2) is 0 Å². The molecule has 7 heteroatoms. The van der Waals surface area contributed by atoms with E-state index in [1.807, 2.05) is 0 Å². The molecule has 5 nitrogen and oxygen atoms in total. The highest BCUT2D eigenvalue weighted by Crippen LogP contribution is 2.24. The molecule has 0 saturated heterocycles. The molecule has 1 aliphatic rings. The lowest BCUT2D eigenvalue weighted by Gasteiger charge is -2.20. The number of aromatic nitrogens is 2. The maximum absolute atomic E-state index is 13.7. The number of anilines is 1. The van der Waals surface area contributed by atoms with Gasteiger partial charge in [-0.2, -0.15) is 0 Å². The van der Waals surface area contributed by atoms with Gasteiger partial charge in [-0.1, -0.05) is 18.2 Å². The van der Waals surface area contributed by atoms with Crippen molar-refractivity contribution in [2.45, 2.75) is 19.6 Å². The van der Waals surface area contributed by atoms with Crippen LogP contribution in [0, 0.1) is 11.6 Å². The summed E-state index contributed by atoms with van der Waals surface area (Å²) in [7, 11) is 0. The number of benzene rings is 2. The zero-order valence-electron chi connectivity index (χ0n) is 14.4. The van der Waals surface area contributed by atoms with Crippen LogP contribution in [-0.4, -0.2) is 22.2 Å². The predicted molar refractivity (Wildman–Crippen MR) is 95.7 cm³/mol. The fraction of sp³-hybridized carbons (Fsp3) is 0.200. The Bertz CT molecular complexity index is 970. The Balaban J connectivity index is 1.55. The van der Waals surface area contributed by atoms with E-state index in [2.05, 4.69) is 5.10 Å². The van der Waals surface area contributed by atoms with Crippen LogP contribution >= 0.6 is 0 Å². The minimum absolute atomic E-state index is 0.0268. The minimum Gasteiger partial charge on any atom is -0.472 e. The summed E-state index contributed by atoms with van der Waals surface area (Å²) in [5.74, 6) is -0.665. The summed E-state index contributed by atoms with van der Waals surface area (Å²) in [5.41, 5.74) is 1.44. The molecule has 27 heavy (non-hydrogen) atoms. The van der Waals surface area contributed by atoms with E-state index < -0.39 is 0 Å². The van der Waals surface area contributed by atoms with Crippen LogP contribution in [0.4, 0.5) is 14.5 Å². The van der Waals surface area contributed by atoms with Gasteiger partial charge in [0.05, 0.1) is 0 Å². The second-order valence-corrected chi connectivity index (χ2v) is 6.26. The second kappa shape index (κ2) is 7.19. The fourth-order valence-electron chi connectivity index (χ4n) is 3.06. The number of aryl methyl sites for hydroxylation is 1. The molecule has 0 unspecified atom stereocenters. The van der Waals surface area contributed by atoms with Crippen LogP contribution in [0.5, 0.6) is 5.88 Å². The molecule has 2 heterocycles. The van der Waals surface area contributed by atoms with E-state index in [0.29, 0.717) is 36.5 Å². The Morgan fingerprint density at radius 2 is 1.81 bits per heavy atom. The van der Waals surface area contributed by atoms with Gasteiger partial charge in [0, 0.05) is 30.4 Å². The zero-order chi connectivity index (χ0) is 18.8. The van der Waals surface area contributed by atoms with Crippen molar-refractivity contribution in [1.29, 1.82) is 0 Å². The minimum atomic E-state index is -0.352. The maximum atomic E-state index is 13.7. The standard InChI is InChI=1S/C20H17F2N3O2/c21-15-6-8-16(9-7-15)24-10-3-11-25-18(20(24)26)12-19(23-25)27-13-14-4-1-2-5-17(14)22/h1-2,4-9,12H,3,10-11,13H2. The van der Waals surface area contributed by atoms with Crippen molar-refractivity contribution in [2.24, 2.45) is 0 Å². The van der Waals surface area contributed by atoms with Gasteiger partial charge in [-0.25, -0.2) is 8.78 Å². The van der Waals surface area contributed by atoms with Crippen LogP contribution in [0.3, 0.4) is 0 Å². The van der Waals surface area contributed by atoms with Crippen LogP contribution in [0.1, 0.15) is 22.5 Å². The van der Waals surface area contributed by atoms with Crippen molar-refractivity contribution in [3.8, 4) is 5.88 Å². The van der Waals surface area contributed by atoms with Crippen LogP contribution in [0.15, 0.2) is 54.6 Å². The Hall–Kier alpha value is -3.22. The summed E-state index contributed by atoms with van der Waals surface area (Å²) < 4.78 is 34.1. The summed E-state index contributed by atoms with van der Waals surface area (Å²) in [6, 6.07) is 13.7. The van der Waals surface area contributed by atoms with E-state index in [1.165, 1.54) is 18.2 Å². The molecular formula is C20H17F2N3O2. The van der Waals surface area contributed by atoms with E-state index >= 15 is 0 Å². The van der Waals surface area contributed by atoms with E-state index in [1.54, 1.807) is 46.0 Å². The summed E-state index contributed by atoms with van der Waals surface area (Å²) >= 11 is 0. The molecule has 0 saturated carbocycles. The Morgan fingerprint density at radius 3 is 2.59 bits per heavy atom. The summed E-state index contributed by atoms with van der Waals surface area (Å²) in [6.07, 6.45) is 0.699. The number of ether oxygens (including phenoxy) is 1. The number of hydrogen-bond acceptors (Lipinski definition) is 3. The molecule has 1 amide bonds. The quantitative estimate of drug-likeness (QED) is 0.703. The van der Waals surface area contributed by atoms with Crippen LogP contribution in [-0.2, 0) is 13.2 Å². The van der Waals surface area contributed by atoms with Crippen molar-refractivity contribution in [2.75, 3.05) is 11.4 Å². The molecule has 0 radical (unpaired) electrons. The smallest absolute Gasteiger partial charge is 0.276 e. The molecule has 2 aromatic carbocycles. The van der Waals surface area contributed by atoms with E-state index in [4.69, 9.17) is 4.74 Å². The first-order chi connectivity index (χ1) is 13.1. The molecule has 0 spiro atoms. The highest BCUT2D eigenvalue weighted by Gasteiger charge is 2.26.